The SMILES string of the molecule is NC(=O)CC[C@H]1CN(c2ccc3c(c2)CCOC3)C(=O)O1. The molecular weight excluding hydrogens is 272 g/mol. The molecule has 112 valence electrons. The van der Waals surface area contributed by atoms with Crippen LogP contribution in [0.5, 0.6) is 0 Å². The number of carbonyl (C=O) groups excluding carboxylic acids is 2. The summed E-state index contributed by atoms with van der Waals surface area (Å²) >= 11 is 0. The molecule has 0 spiro atoms. The van der Waals surface area contributed by atoms with Gasteiger partial charge < -0.3 is 15.2 Å². The third-order valence-corrected chi connectivity index (χ3v) is 3.86. The summed E-state index contributed by atoms with van der Waals surface area (Å²) in [6, 6.07) is 5.93. The zero-order valence-electron chi connectivity index (χ0n) is 11.7. The van der Waals surface area contributed by atoms with Crippen molar-refractivity contribution in [1.82, 2.24) is 0 Å². The Balaban J connectivity index is 1.72. The minimum Gasteiger partial charge on any atom is -0.444 e. The quantitative estimate of drug-likeness (QED) is 0.907. The van der Waals surface area contributed by atoms with E-state index < -0.39 is 0 Å². The van der Waals surface area contributed by atoms with E-state index in [9.17, 15) is 9.59 Å². The summed E-state index contributed by atoms with van der Waals surface area (Å²) in [5, 5.41) is 0. The van der Waals surface area contributed by atoms with Crippen LogP contribution in [0.3, 0.4) is 0 Å². The lowest BCUT2D eigenvalue weighted by molar-refractivity contribution is -0.118. The molecule has 2 N–H and O–H groups in total. The van der Waals surface area contributed by atoms with Gasteiger partial charge >= 0.3 is 6.09 Å². The fraction of sp³-hybridized carbons (Fsp3) is 0.467. The van der Waals surface area contributed by atoms with Crippen LogP contribution in [-0.2, 0) is 27.3 Å². The summed E-state index contributed by atoms with van der Waals surface area (Å²) in [5.41, 5.74) is 8.34. The first-order chi connectivity index (χ1) is 10.1. The Morgan fingerprint density at radius 3 is 3.05 bits per heavy atom. The van der Waals surface area contributed by atoms with Gasteiger partial charge in [-0.25, -0.2) is 4.79 Å². The van der Waals surface area contributed by atoms with Crippen LogP contribution in [0.2, 0.25) is 0 Å². The number of carbonyl (C=O) groups is 2. The van der Waals surface area contributed by atoms with Gasteiger partial charge in [-0.05, 0) is 36.1 Å². The number of primary amides is 1. The van der Waals surface area contributed by atoms with Gasteiger partial charge in [0.15, 0.2) is 0 Å². The second-order valence-electron chi connectivity index (χ2n) is 5.38. The van der Waals surface area contributed by atoms with Crippen molar-refractivity contribution >= 4 is 17.7 Å². The highest BCUT2D eigenvalue weighted by molar-refractivity contribution is 5.90. The molecule has 1 aromatic rings. The second-order valence-corrected chi connectivity index (χ2v) is 5.38. The van der Waals surface area contributed by atoms with Gasteiger partial charge in [0.2, 0.25) is 5.91 Å². The number of cyclic esters (lactones) is 1. The lowest BCUT2D eigenvalue weighted by Crippen LogP contribution is -2.25. The molecular formula is C15H18N2O4. The number of fused-ring (bicyclic) bond motifs is 1. The van der Waals surface area contributed by atoms with Gasteiger partial charge in [-0.15, -0.1) is 0 Å². The van der Waals surface area contributed by atoms with Crippen LogP contribution in [0.15, 0.2) is 18.2 Å². The lowest BCUT2D eigenvalue weighted by atomic mass is 10.0. The van der Waals surface area contributed by atoms with E-state index in [-0.39, 0.29) is 24.5 Å². The Labute approximate surface area is 122 Å². The number of ether oxygens (including phenoxy) is 2. The van der Waals surface area contributed by atoms with Crippen LogP contribution in [0.4, 0.5) is 10.5 Å². The van der Waals surface area contributed by atoms with E-state index in [1.807, 2.05) is 18.2 Å². The van der Waals surface area contributed by atoms with Gasteiger partial charge in [0.1, 0.15) is 6.10 Å². The van der Waals surface area contributed by atoms with Crippen LogP contribution in [0.1, 0.15) is 24.0 Å². The van der Waals surface area contributed by atoms with E-state index in [1.165, 1.54) is 11.1 Å². The minimum absolute atomic E-state index is 0.229. The maximum atomic E-state index is 12.0. The van der Waals surface area contributed by atoms with Crippen molar-refractivity contribution < 1.29 is 19.1 Å². The average molecular weight is 290 g/mol. The van der Waals surface area contributed by atoms with E-state index in [4.69, 9.17) is 15.2 Å². The van der Waals surface area contributed by atoms with Gasteiger partial charge in [0.05, 0.1) is 19.8 Å². The summed E-state index contributed by atoms with van der Waals surface area (Å²) in [7, 11) is 0. The first kappa shape index (κ1) is 13.9. The highest BCUT2D eigenvalue weighted by Gasteiger charge is 2.32. The summed E-state index contributed by atoms with van der Waals surface area (Å²) in [4.78, 5) is 24.4. The Morgan fingerprint density at radius 1 is 1.38 bits per heavy atom. The summed E-state index contributed by atoms with van der Waals surface area (Å²) in [6.07, 6.45) is 0.918. The van der Waals surface area contributed by atoms with Crippen LogP contribution in [0.25, 0.3) is 0 Å². The lowest BCUT2D eigenvalue weighted by Gasteiger charge is -2.20. The van der Waals surface area contributed by atoms with Gasteiger partial charge in [-0.2, -0.15) is 0 Å². The number of nitrogens with zero attached hydrogens (tertiary/aromatic N) is 1. The molecule has 3 rings (SSSR count). The fourth-order valence-electron chi connectivity index (χ4n) is 2.70. The molecule has 0 radical (unpaired) electrons. The zero-order chi connectivity index (χ0) is 14.8. The van der Waals surface area contributed by atoms with Crippen LogP contribution in [0, 0.1) is 0 Å². The predicted octanol–water partition coefficient (Wildman–Crippen LogP) is 1.35. The minimum atomic E-state index is -0.377. The number of nitrogens with two attached hydrogens (primary N) is 1. The van der Waals surface area contributed by atoms with Crippen LogP contribution in [-0.4, -0.2) is 31.3 Å². The third-order valence-electron chi connectivity index (χ3n) is 3.86. The Morgan fingerprint density at radius 2 is 2.24 bits per heavy atom. The van der Waals surface area contributed by atoms with E-state index in [0.29, 0.717) is 26.2 Å². The third kappa shape index (κ3) is 3.00. The maximum absolute atomic E-state index is 12.0. The predicted molar refractivity (Wildman–Crippen MR) is 75.8 cm³/mol. The van der Waals surface area contributed by atoms with Crippen molar-refractivity contribution in [1.29, 1.82) is 0 Å². The summed E-state index contributed by atoms with van der Waals surface area (Å²) < 4.78 is 10.7. The highest BCUT2D eigenvalue weighted by Crippen LogP contribution is 2.27. The summed E-state index contributed by atoms with van der Waals surface area (Å²) in [5.74, 6) is -0.377. The zero-order valence-corrected chi connectivity index (χ0v) is 11.7. The number of hydrogen-bond donors (Lipinski definition) is 1. The molecule has 2 heterocycles. The van der Waals surface area contributed by atoms with E-state index in [1.54, 1.807) is 4.90 Å². The number of hydrogen-bond acceptors (Lipinski definition) is 4. The van der Waals surface area contributed by atoms with Gasteiger partial charge in [-0.1, -0.05) is 6.07 Å². The molecule has 0 aromatic heterocycles. The topological polar surface area (TPSA) is 81.9 Å². The average Bonchev–Trinajstić information content (AvgIpc) is 2.86. The molecule has 6 nitrogen and oxygen atoms in total. The number of amides is 2. The molecule has 6 heteroatoms. The van der Waals surface area contributed by atoms with Crippen molar-refractivity contribution in [3.05, 3.63) is 29.3 Å². The first-order valence-corrected chi connectivity index (χ1v) is 7.09. The highest BCUT2D eigenvalue weighted by atomic mass is 16.6. The largest absolute Gasteiger partial charge is 0.444 e. The summed E-state index contributed by atoms with van der Waals surface area (Å²) in [6.45, 7) is 1.80. The second kappa shape index (κ2) is 5.73. The first-order valence-electron chi connectivity index (χ1n) is 7.09. The number of anilines is 1. The molecule has 1 atom stereocenters. The molecule has 21 heavy (non-hydrogen) atoms. The maximum Gasteiger partial charge on any atom is 0.414 e. The molecule has 2 aliphatic heterocycles. The molecule has 0 aliphatic carbocycles. The molecule has 0 bridgehead atoms. The molecule has 0 unspecified atom stereocenters. The smallest absolute Gasteiger partial charge is 0.414 e. The van der Waals surface area contributed by atoms with Gasteiger partial charge in [0, 0.05) is 12.1 Å². The van der Waals surface area contributed by atoms with Gasteiger partial charge in [-0.3, -0.25) is 9.69 Å². The van der Waals surface area contributed by atoms with Crippen molar-refractivity contribution in [3.63, 3.8) is 0 Å². The molecule has 2 aliphatic rings. The Hall–Kier alpha value is -2.08. The Bertz CT molecular complexity index is 573. The molecule has 2 amide bonds. The van der Waals surface area contributed by atoms with E-state index in [0.717, 1.165) is 12.1 Å². The number of benzene rings is 1. The molecule has 1 saturated heterocycles. The standard InChI is InChI=1S/C15H18N2O4/c16-14(18)4-3-13-8-17(15(19)21-13)12-2-1-11-9-20-6-5-10(11)7-12/h1-2,7,13H,3-6,8-9H2,(H2,16,18)/t13-/m0/s1. The molecule has 1 fully saturated rings. The normalized spacial score (nSPS) is 21.0. The van der Waals surface area contributed by atoms with Crippen LogP contribution < -0.4 is 10.6 Å². The van der Waals surface area contributed by atoms with Gasteiger partial charge in [0.25, 0.3) is 0 Å². The Kier molecular flexibility index (Phi) is 3.79. The van der Waals surface area contributed by atoms with E-state index >= 15 is 0 Å². The van der Waals surface area contributed by atoms with Crippen molar-refractivity contribution in [2.45, 2.75) is 32.0 Å². The number of rotatable bonds is 4. The van der Waals surface area contributed by atoms with Crippen molar-refractivity contribution in [2.75, 3.05) is 18.1 Å². The molecule has 0 saturated carbocycles. The van der Waals surface area contributed by atoms with E-state index in [2.05, 4.69) is 0 Å². The van der Waals surface area contributed by atoms with Crippen LogP contribution >= 0.6 is 0 Å². The van der Waals surface area contributed by atoms with Crippen molar-refractivity contribution in [2.24, 2.45) is 5.73 Å². The fourth-order valence-corrected chi connectivity index (χ4v) is 2.70. The van der Waals surface area contributed by atoms with Crippen molar-refractivity contribution in [3.8, 4) is 0 Å². The monoisotopic (exact) mass is 290 g/mol. The molecule has 1 aromatic carbocycles.